The van der Waals surface area contributed by atoms with E-state index in [-0.39, 0.29) is 0 Å². The smallest absolute Gasteiger partial charge is 0.238 e. The highest BCUT2D eigenvalue weighted by molar-refractivity contribution is 7.91. The van der Waals surface area contributed by atoms with E-state index in [0.717, 1.165) is 55.0 Å². The van der Waals surface area contributed by atoms with E-state index in [9.17, 15) is 4.89 Å². The molecule has 2 heterocycles. The molecule has 0 radical (unpaired) electrons. The maximum atomic E-state index is 12.6. The van der Waals surface area contributed by atoms with E-state index in [1.54, 1.807) is 0 Å². The third kappa shape index (κ3) is 5.44. The van der Waals surface area contributed by atoms with Gasteiger partial charge in [0, 0.05) is 32.9 Å². The number of aromatic nitrogens is 2. The molecule has 0 spiro atoms. The molecule has 2 aromatic heterocycles. The van der Waals surface area contributed by atoms with Crippen LogP contribution in [0.4, 0.5) is 0 Å². The fourth-order valence-corrected chi connectivity index (χ4v) is 11.6. The Kier molecular flexibility index (Phi) is 8.18. The Morgan fingerprint density at radius 2 is 0.793 bits per heavy atom. The molecule has 3 nitrogen and oxygen atoms in total. The molecule has 274 valence electrons. The number of rotatable bonds is 7. The molecule has 4 heteroatoms. The maximum Gasteiger partial charge on any atom is 0.238 e. The van der Waals surface area contributed by atoms with Crippen molar-refractivity contribution >= 4 is 67.0 Å². The van der Waals surface area contributed by atoms with Gasteiger partial charge in [0.05, 0.1) is 22.1 Å². The lowest BCUT2D eigenvalue weighted by Gasteiger charge is -2.20. The largest absolute Gasteiger partial charge is 0.309 e. The maximum absolute atomic E-state index is 12.6. The Morgan fingerprint density at radius 3 is 1.50 bits per heavy atom. The highest BCUT2D eigenvalue weighted by atomic mass is 31.2. The minimum absolute atomic E-state index is 0.933. The minimum atomic E-state index is -2.84. The molecule has 0 saturated heterocycles. The Morgan fingerprint density at radius 1 is 0.310 bits per heavy atom. The number of benzene rings is 9. The van der Waals surface area contributed by atoms with Crippen LogP contribution in [-0.2, 0) is 0 Å². The Hall–Kier alpha value is -7.03. The number of fused-ring (bicyclic) bond motifs is 6. The molecule has 0 fully saturated rings. The standard InChI is InChI=1S/C54H38N2OP/c57-58(43-20-6-2-7-21-43,44-22-8-3-9-23-44)45-33-30-38(31-34-45)46-26-15-29-52-54(46)49-25-11-13-28-51(49)56(52)42-19-14-16-39(36-42)40-32-35-48-47-24-10-12-27-50(47)55(53(48)37-40)41-17-4-1-5-18-41/h1-37,57H/q+1. The molecule has 0 aliphatic rings. The number of hydrogen-bond donors (Lipinski definition) is 1. The summed E-state index contributed by atoms with van der Waals surface area (Å²) in [6.45, 7) is 0. The van der Waals surface area contributed by atoms with E-state index in [4.69, 9.17) is 0 Å². The summed E-state index contributed by atoms with van der Waals surface area (Å²) in [5.74, 6) is 0. The second-order valence-corrected chi connectivity index (χ2v) is 17.7. The molecule has 0 saturated carbocycles. The first-order valence-electron chi connectivity index (χ1n) is 19.7. The van der Waals surface area contributed by atoms with Gasteiger partial charge < -0.3 is 9.13 Å². The molecule has 11 aromatic rings. The van der Waals surface area contributed by atoms with E-state index in [1.807, 2.05) is 60.7 Å². The average molecular weight is 762 g/mol. The van der Waals surface area contributed by atoms with Crippen molar-refractivity contribution in [3.05, 3.63) is 224 Å². The van der Waals surface area contributed by atoms with Gasteiger partial charge in [0.25, 0.3) is 0 Å². The van der Waals surface area contributed by atoms with E-state index in [2.05, 4.69) is 173 Å². The molecule has 0 unspecified atom stereocenters. The van der Waals surface area contributed by atoms with E-state index in [0.29, 0.717) is 0 Å². The van der Waals surface area contributed by atoms with Crippen LogP contribution in [0, 0.1) is 0 Å². The van der Waals surface area contributed by atoms with Crippen LogP contribution in [0.2, 0.25) is 0 Å². The van der Waals surface area contributed by atoms with Crippen LogP contribution in [-0.4, -0.2) is 14.0 Å². The monoisotopic (exact) mass is 761 g/mol. The van der Waals surface area contributed by atoms with Crippen molar-refractivity contribution in [2.75, 3.05) is 0 Å². The minimum Gasteiger partial charge on any atom is -0.309 e. The summed E-state index contributed by atoms with van der Waals surface area (Å²) in [6.07, 6.45) is 0. The van der Waals surface area contributed by atoms with Crippen LogP contribution < -0.4 is 15.9 Å². The SMILES string of the molecule is O[P+](c1ccccc1)(c1ccccc1)c1ccc(-c2cccc3c2c2ccccc2n3-c2cccc(-c3ccc4c5ccccc5n(-c5ccccc5)c4c3)c2)cc1. The predicted molar refractivity (Wildman–Crippen MR) is 247 cm³/mol. The van der Waals surface area contributed by atoms with E-state index in [1.165, 1.54) is 38.1 Å². The number of nitrogens with zero attached hydrogens (tertiary/aromatic N) is 2. The summed E-state index contributed by atoms with van der Waals surface area (Å²) in [5.41, 5.74) is 11.6. The van der Waals surface area contributed by atoms with Crippen molar-refractivity contribution in [3.63, 3.8) is 0 Å². The first-order valence-corrected chi connectivity index (χ1v) is 21.5. The third-order valence-electron chi connectivity index (χ3n) is 11.6. The van der Waals surface area contributed by atoms with Crippen molar-refractivity contribution in [3.8, 4) is 33.6 Å². The van der Waals surface area contributed by atoms with Gasteiger partial charge in [-0.1, -0.05) is 140 Å². The van der Waals surface area contributed by atoms with Gasteiger partial charge in [0.1, 0.15) is 15.9 Å². The molecule has 0 bridgehead atoms. The lowest BCUT2D eigenvalue weighted by molar-refractivity contribution is 0.633. The lowest BCUT2D eigenvalue weighted by atomic mass is 9.99. The second kappa shape index (κ2) is 13.9. The van der Waals surface area contributed by atoms with Gasteiger partial charge in [-0.25, -0.2) is 4.89 Å². The first-order chi connectivity index (χ1) is 28.7. The topological polar surface area (TPSA) is 30.1 Å². The van der Waals surface area contributed by atoms with E-state index >= 15 is 0 Å². The first kappa shape index (κ1) is 34.2. The summed E-state index contributed by atoms with van der Waals surface area (Å²) in [6, 6.07) is 79.3. The summed E-state index contributed by atoms with van der Waals surface area (Å²) < 4.78 is 4.78. The molecule has 0 atom stereocenters. The summed E-state index contributed by atoms with van der Waals surface area (Å²) in [5, 5.41) is 7.73. The molecule has 0 amide bonds. The van der Waals surface area contributed by atoms with Crippen molar-refractivity contribution in [2.24, 2.45) is 0 Å². The quantitative estimate of drug-likeness (QED) is 0.161. The molecule has 9 aromatic carbocycles. The van der Waals surface area contributed by atoms with Gasteiger partial charge in [0.2, 0.25) is 7.49 Å². The van der Waals surface area contributed by atoms with Crippen molar-refractivity contribution in [2.45, 2.75) is 0 Å². The molecular formula is C54H38N2OP+. The van der Waals surface area contributed by atoms with Crippen molar-refractivity contribution < 1.29 is 4.89 Å². The van der Waals surface area contributed by atoms with Gasteiger partial charge >= 0.3 is 0 Å². The summed E-state index contributed by atoms with van der Waals surface area (Å²) in [7, 11) is -2.84. The molecular weight excluding hydrogens is 724 g/mol. The van der Waals surface area contributed by atoms with E-state index < -0.39 is 7.49 Å². The van der Waals surface area contributed by atoms with Crippen LogP contribution in [0.5, 0.6) is 0 Å². The Labute approximate surface area is 337 Å². The van der Waals surface area contributed by atoms with Crippen molar-refractivity contribution in [1.82, 2.24) is 9.13 Å². The Bertz CT molecular complexity index is 3240. The van der Waals surface area contributed by atoms with Gasteiger partial charge in [-0.15, -0.1) is 0 Å². The predicted octanol–water partition coefficient (Wildman–Crippen LogP) is 12.4. The Balaban J connectivity index is 1.04. The number of para-hydroxylation sites is 3. The van der Waals surface area contributed by atoms with Crippen LogP contribution in [0.15, 0.2) is 224 Å². The molecule has 0 aliphatic carbocycles. The molecule has 1 N–H and O–H groups in total. The summed E-state index contributed by atoms with van der Waals surface area (Å²) in [4.78, 5) is 12.6. The zero-order valence-electron chi connectivity index (χ0n) is 31.7. The highest BCUT2D eigenvalue weighted by Gasteiger charge is 2.44. The second-order valence-electron chi connectivity index (χ2n) is 14.9. The fourth-order valence-electron chi connectivity index (χ4n) is 8.96. The molecule has 11 rings (SSSR count). The van der Waals surface area contributed by atoms with Gasteiger partial charge in [-0.05, 0) is 107 Å². The average Bonchev–Trinajstić information content (AvgIpc) is 3.82. The van der Waals surface area contributed by atoms with Gasteiger partial charge in [-0.3, -0.25) is 0 Å². The van der Waals surface area contributed by atoms with Gasteiger partial charge in [-0.2, -0.15) is 0 Å². The highest BCUT2D eigenvalue weighted by Crippen LogP contribution is 2.51. The fraction of sp³-hybridized carbons (Fsp3) is 0. The zero-order valence-corrected chi connectivity index (χ0v) is 32.5. The number of hydrogen-bond acceptors (Lipinski definition) is 1. The summed E-state index contributed by atoms with van der Waals surface area (Å²) >= 11 is 0. The van der Waals surface area contributed by atoms with Crippen LogP contribution in [0.25, 0.3) is 77.2 Å². The zero-order chi connectivity index (χ0) is 38.6. The molecule has 0 aliphatic heterocycles. The van der Waals surface area contributed by atoms with Crippen LogP contribution in [0.1, 0.15) is 0 Å². The normalized spacial score (nSPS) is 11.9. The van der Waals surface area contributed by atoms with Crippen LogP contribution in [0.3, 0.4) is 0 Å². The van der Waals surface area contributed by atoms with Crippen LogP contribution >= 0.6 is 7.49 Å². The van der Waals surface area contributed by atoms with Gasteiger partial charge in [0.15, 0.2) is 0 Å². The third-order valence-corrected chi connectivity index (χ3v) is 14.8. The molecule has 58 heavy (non-hydrogen) atoms. The van der Waals surface area contributed by atoms with Crippen molar-refractivity contribution in [1.29, 1.82) is 0 Å². The lowest BCUT2D eigenvalue weighted by Crippen LogP contribution is -2.30.